The first-order valence-corrected chi connectivity index (χ1v) is 8.04. The molecule has 0 amide bonds. The summed E-state index contributed by atoms with van der Waals surface area (Å²) >= 11 is 0. The van der Waals surface area contributed by atoms with Gasteiger partial charge in [-0.3, -0.25) is 0 Å². The van der Waals surface area contributed by atoms with Crippen LogP contribution in [0.1, 0.15) is 47.5 Å². The monoisotopic (exact) mass is 329 g/mol. The van der Waals surface area contributed by atoms with Crippen LogP contribution in [0.5, 0.6) is 0 Å². The van der Waals surface area contributed by atoms with Crippen molar-refractivity contribution < 1.29 is 15.1 Å². The van der Waals surface area contributed by atoms with Crippen molar-refractivity contribution in [2.45, 2.75) is 47.5 Å². The van der Waals surface area contributed by atoms with Gasteiger partial charge in [-0.2, -0.15) is 0 Å². The van der Waals surface area contributed by atoms with E-state index in [2.05, 4.69) is 25.1 Å². The lowest BCUT2D eigenvalue weighted by molar-refractivity contribution is -0.131. The summed E-state index contributed by atoms with van der Waals surface area (Å²) in [4.78, 5) is 10.6. The number of aliphatic carboxylic acids is 1. The molecule has 0 spiro atoms. The van der Waals surface area contributed by atoms with Gasteiger partial charge in [0.2, 0.25) is 0 Å². The molecule has 0 aromatic rings. The Morgan fingerprint density at radius 3 is 2.46 bits per heavy atom. The van der Waals surface area contributed by atoms with Gasteiger partial charge in [-0.1, -0.05) is 55.0 Å². The third kappa shape index (κ3) is 5.69. The standard InChI is InChI=1S/C20H27NO3/c1-14(7-6-8-15(2)13-19(22)23)9-10-17-16(3)18(21-24)11-12-20(17,4)5/h6-10,13,24H,11-12H2,1-5H3,(H,22,23)/b8-6+,10-9+,14-7+,15-13+,21-18+. The molecule has 0 bridgehead atoms. The molecule has 0 fully saturated rings. The van der Waals surface area contributed by atoms with E-state index in [1.54, 1.807) is 13.0 Å². The van der Waals surface area contributed by atoms with E-state index in [4.69, 9.17) is 10.3 Å². The van der Waals surface area contributed by atoms with Crippen molar-refractivity contribution in [1.82, 2.24) is 0 Å². The van der Waals surface area contributed by atoms with Gasteiger partial charge in [0.15, 0.2) is 0 Å². The molecule has 0 aliphatic heterocycles. The Hall–Kier alpha value is -2.36. The van der Waals surface area contributed by atoms with Gasteiger partial charge in [-0.25, -0.2) is 4.79 Å². The van der Waals surface area contributed by atoms with E-state index >= 15 is 0 Å². The Balaban J connectivity index is 2.96. The summed E-state index contributed by atoms with van der Waals surface area (Å²) < 4.78 is 0. The second-order valence-corrected chi connectivity index (χ2v) is 6.80. The fourth-order valence-electron chi connectivity index (χ4n) is 2.76. The largest absolute Gasteiger partial charge is 0.478 e. The van der Waals surface area contributed by atoms with E-state index in [0.717, 1.165) is 29.7 Å². The second kappa shape index (κ2) is 8.48. The van der Waals surface area contributed by atoms with Gasteiger partial charge in [0.25, 0.3) is 0 Å². The summed E-state index contributed by atoms with van der Waals surface area (Å²) in [6, 6.07) is 0. The highest BCUT2D eigenvalue weighted by Crippen LogP contribution is 2.39. The number of nitrogens with zero attached hydrogens (tertiary/aromatic N) is 1. The fourth-order valence-corrected chi connectivity index (χ4v) is 2.76. The number of hydrogen-bond donors (Lipinski definition) is 2. The number of carbonyl (C=O) groups is 1. The number of oxime groups is 1. The molecule has 4 heteroatoms. The van der Waals surface area contributed by atoms with E-state index < -0.39 is 5.97 Å². The quantitative estimate of drug-likeness (QED) is 0.321. The van der Waals surface area contributed by atoms with Gasteiger partial charge in [-0.15, -0.1) is 0 Å². The molecule has 0 unspecified atom stereocenters. The van der Waals surface area contributed by atoms with E-state index in [-0.39, 0.29) is 5.41 Å². The molecule has 4 nitrogen and oxygen atoms in total. The zero-order valence-corrected chi connectivity index (χ0v) is 15.1. The summed E-state index contributed by atoms with van der Waals surface area (Å²) in [6.07, 6.45) is 12.6. The summed E-state index contributed by atoms with van der Waals surface area (Å²) in [5, 5.41) is 21.2. The van der Waals surface area contributed by atoms with E-state index in [1.807, 2.05) is 32.1 Å². The molecule has 1 aliphatic carbocycles. The minimum atomic E-state index is -0.943. The SMILES string of the molecule is CC1=C(/C=C/C(C)=C/C=C/C(C)=C/C(=O)O)C(C)(C)CC/C1=N\O. The highest BCUT2D eigenvalue weighted by Gasteiger charge is 2.29. The summed E-state index contributed by atoms with van der Waals surface area (Å²) in [6.45, 7) is 10.1. The first-order valence-electron chi connectivity index (χ1n) is 8.04. The van der Waals surface area contributed by atoms with Gasteiger partial charge in [-0.05, 0) is 55.7 Å². The van der Waals surface area contributed by atoms with Crippen LogP contribution < -0.4 is 0 Å². The highest BCUT2D eigenvalue weighted by molar-refractivity contribution is 6.01. The van der Waals surface area contributed by atoms with E-state index in [9.17, 15) is 4.79 Å². The van der Waals surface area contributed by atoms with Crippen LogP contribution in [0.25, 0.3) is 0 Å². The van der Waals surface area contributed by atoms with Crippen molar-refractivity contribution >= 4 is 11.7 Å². The molecule has 2 N–H and O–H groups in total. The lowest BCUT2D eigenvalue weighted by Crippen LogP contribution is -2.24. The van der Waals surface area contributed by atoms with E-state index in [1.165, 1.54) is 11.6 Å². The zero-order chi connectivity index (χ0) is 18.3. The minimum Gasteiger partial charge on any atom is -0.478 e. The Bertz CT molecular complexity index is 671. The molecule has 0 atom stereocenters. The third-order valence-electron chi connectivity index (χ3n) is 4.26. The van der Waals surface area contributed by atoms with Gasteiger partial charge in [0.05, 0.1) is 5.71 Å². The molecule has 0 heterocycles. The Labute approximate surface area is 144 Å². The van der Waals surface area contributed by atoms with Crippen LogP contribution >= 0.6 is 0 Å². The van der Waals surface area contributed by atoms with Gasteiger partial charge in [0.1, 0.15) is 0 Å². The first-order chi connectivity index (χ1) is 11.2. The number of allylic oxidation sites excluding steroid dienone is 9. The second-order valence-electron chi connectivity index (χ2n) is 6.80. The molecular weight excluding hydrogens is 302 g/mol. The normalized spacial score (nSPS) is 21.3. The maximum atomic E-state index is 10.6. The Kier molecular flexibility index (Phi) is 6.96. The summed E-state index contributed by atoms with van der Waals surface area (Å²) in [7, 11) is 0. The molecule has 24 heavy (non-hydrogen) atoms. The van der Waals surface area contributed by atoms with Crippen LogP contribution in [-0.4, -0.2) is 22.0 Å². The zero-order valence-electron chi connectivity index (χ0n) is 15.1. The molecule has 0 saturated heterocycles. The molecule has 0 aromatic carbocycles. The first kappa shape index (κ1) is 19.7. The Morgan fingerprint density at radius 2 is 1.88 bits per heavy atom. The van der Waals surface area contributed by atoms with Crippen molar-refractivity contribution in [2.75, 3.05) is 0 Å². The molecule has 0 radical (unpaired) electrons. The van der Waals surface area contributed by atoms with Crippen molar-refractivity contribution in [1.29, 1.82) is 0 Å². The smallest absolute Gasteiger partial charge is 0.328 e. The predicted octanol–water partition coefficient (Wildman–Crippen LogP) is 5.04. The number of carboxylic acid groups (broad SMARTS) is 1. The average Bonchev–Trinajstić information content (AvgIpc) is 2.45. The molecule has 130 valence electrons. The van der Waals surface area contributed by atoms with Crippen molar-refractivity contribution in [3.05, 3.63) is 58.7 Å². The molecular formula is C20H27NO3. The molecule has 1 aliphatic rings. The number of hydrogen-bond acceptors (Lipinski definition) is 3. The number of rotatable bonds is 5. The van der Waals surface area contributed by atoms with Crippen LogP contribution in [0, 0.1) is 5.41 Å². The lowest BCUT2D eigenvalue weighted by atomic mass is 9.72. The maximum absolute atomic E-state index is 10.6. The van der Waals surface area contributed by atoms with Crippen LogP contribution in [0.3, 0.4) is 0 Å². The average molecular weight is 329 g/mol. The lowest BCUT2D eigenvalue weighted by Gasteiger charge is -2.33. The number of carboxylic acids is 1. The van der Waals surface area contributed by atoms with Gasteiger partial charge in [0, 0.05) is 6.08 Å². The van der Waals surface area contributed by atoms with Gasteiger partial charge >= 0.3 is 5.97 Å². The topological polar surface area (TPSA) is 69.9 Å². The molecule has 0 saturated carbocycles. The van der Waals surface area contributed by atoms with Gasteiger partial charge < -0.3 is 10.3 Å². The van der Waals surface area contributed by atoms with Crippen molar-refractivity contribution in [3.63, 3.8) is 0 Å². The fraction of sp³-hybridized carbons (Fsp3) is 0.400. The van der Waals surface area contributed by atoms with Crippen LogP contribution in [0.15, 0.2) is 63.9 Å². The van der Waals surface area contributed by atoms with Crippen LogP contribution in [0.2, 0.25) is 0 Å². The van der Waals surface area contributed by atoms with Crippen molar-refractivity contribution in [3.8, 4) is 0 Å². The third-order valence-corrected chi connectivity index (χ3v) is 4.26. The van der Waals surface area contributed by atoms with Crippen LogP contribution in [0.4, 0.5) is 0 Å². The van der Waals surface area contributed by atoms with Crippen molar-refractivity contribution in [2.24, 2.45) is 10.6 Å². The minimum absolute atomic E-state index is 0.0473. The molecule has 1 rings (SSSR count). The summed E-state index contributed by atoms with van der Waals surface area (Å²) in [5.74, 6) is -0.943. The molecule has 0 aromatic heterocycles. The highest BCUT2D eigenvalue weighted by atomic mass is 16.4. The Morgan fingerprint density at radius 1 is 1.21 bits per heavy atom. The predicted molar refractivity (Wildman–Crippen MR) is 98.4 cm³/mol. The maximum Gasteiger partial charge on any atom is 0.328 e. The van der Waals surface area contributed by atoms with Crippen LogP contribution in [-0.2, 0) is 4.79 Å². The summed E-state index contributed by atoms with van der Waals surface area (Å²) in [5.41, 5.74) is 4.76. The van der Waals surface area contributed by atoms with E-state index in [0.29, 0.717) is 5.57 Å².